The third-order valence-electron chi connectivity index (χ3n) is 1.92. The molecule has 7 heteroatoms. The molecule has 0 aromatic carbocycles. The number of hydrogen-bond donors (Lipinski definition) is 2. The summed E-state index contributed by atoms with van der Waals surface area (Å²) in [5.41, 5.74) is 0.222. The maximum Gasteiger partial charge on any atom is 0.216 e. The van der Waals surface area contributed by atoms with Crippen LogP contribution in [0.5, 0.6) is 0 Å². The van der Waals surface area contributed by atoms with Gasteiger partial charge < -0.3 is 10.6 Å². The predicted molar refractivity (Wildman–Crippen MR) is 64.3 cm³/mol. The lowest BCUT2D eigenvalue weighted by Crippen LogP contribution is -2.26. The molecule has 0 bridgehead atoms. The fourth-order valence-corrected chi connectivity index (χ4v) is 1.46. The molecule has 6 nitrogen and oxygen atoms in total. The first-order valence-corrected chi connectivity index (χ1v) is 5.40. The lowest BCUT2D eigenvalue weighted by atomic mass is 10.3. The Balaban J connectivity index is 2.69. The Morgan fingerprint density at radius 2 is 2.12 bits per heavy atom. The highest BCUT2D eigenvalue weighted by molar-refractivity contribution is 6.32. The van der Waals surface area contributed by atoms with E-state index in [9.17, 15) is 9.59 Å². The summed E-state index contributed by atoms with van der Waals surface area (Å²) in [7, 11) is 0. The van der Waals surface area contributed by atoms with Gasteiger partial charge in [-0.1, -0.05) is 11.6 Å². The van der Waals surface area contributed by atoms with Crippen molar-refractivity contribution in [1.82, 2.24) is 15.3 Å². The molecule has 17 heavy (non-hydrogen) atoms. The van der Waals surface area contributed by atoms with Crippen LogP contribution in [0.3, 0.4) is 0 Å². The van der Waals surface area contributed by atoms with Crippen LogP contribution in [-0.4, -0.2) is 35.3 Å². The van der Waals surface area contributed by atoms with E-state index in [-0.39, 0.29) is 16.6 Å². The Bertz CT molecular complexity index is 437. The zero-order valence-corrected chi connectivity index (χ0v) is 10.3. The molecule has 0 saturated heterocycles. The molecule has 0 aliphatic rings. The highest BCUT2D eigenvalue weighted by Gasteiger charge is 2.10. The van der Waals surface area contributed by atoms with Gasteiger partial charge in [-0.05, 0) is 6.92 Å². The maximum absolute atomic E-state index is 10.8. The lowest BCUT2D eigenvalue weighted by molar-refractivity contribution is -0.118. The van der Waals surface area contributed by atoms with Crippen molar-refractivity contribution in [3.8, 4) is 0 Å². The van der Waals surface area contributed by atoms with E-state index in [1.807, 2.05) is 0 Å². The van der Waals surface area contributed by atoms with E-state index < -0.39 is 0 Å². The Kier molecular flexibility index (Phi) is 4.84. The van der Waals surface area contributed by atoms with E-state index >= 15 is 0 Å². The van der Waals surface area contributed by atoms with Crippen molar-refractivity contribution in [3.05, 3.63) is 16.5 Å². The van der Waals surface area contributed by atoms with Crippen molar-refractivity contribution in [3.63, 3.8) is 0 Å². The first kappa shape index (κ1) is 13.4. The van der Waals surface area contributed by atoms with Gasteiger partial charge in [-0.3, -0.25) is 9.59 Å². The van der Waals surface area contributed by atoms with Gasteiger partial charge in [0.05, 0.1) is 5.56 Å². The molecule has 0 unspecified atom stereocenters. The van der Waals surface area contributed by atoms with Crippen LogP contribution in [0.15, 0.2) is 0 Å². The summed E-state index contributed by atoms with van der Waals surface area (Å²) >= 11 is 5.81. The SMILES string of the molecule is CC(=O)NCCNc1nc(C)nc(Cl)c1C=O. The van der Waals surface area contributed by atoms with Gasteiger partial charge in [-0.2, -0.15) is 0 Å². The Hall–Kier alpha value is -1.69. The van der Waals surface area contributed by atoms with Crippen molar-refractivity contribution in [2.45, 2.75) is 13.8 Å². The lowest BCUT2D eigenvalue weighted by Gasteiger charge is -2.09. The zero-order valence-electron chi connectivity index (χ0n) is 9.58. The molecule has 92 valence electrons. The van der Waals surface area contributed by atoms with Gasteiger partial charge in [0.15, 0.2) is 6.29 Å². The van der Waals surface area contributed by atoms with Gasteiger partial charge in [0, 0.05) is 20.0 Å². The third kappa shape index (κ3) is 3.99. The number of aldehydes is 1. The van der Waals surface area contributed by atoms with Crippen molar-refractivity contribution in [2.24, 2.45) is 0 Å². The van der Waals surface area contributed by atoms with Crippen LogP contribution in [0.1, 0.15) is 23.1 Å². The summed E-state index contributed by atoms with van der Waals surface area (Å²) in [5.74, 6) is 0.741. The second-order valence-corrected chi connectivity index (χ2v) is 3.71. The summed E-state index contributed by atoms with van der Waals surface area (Å²) in [6.07, 6.45) is 0.600. The minimum Gasteiger partial charge on any atom is -0.368 e. The van der Waals surface area contributed by atoms with Gasteiger partial charge in [-0.25, -0.2) is 9.97 Å². The van der Waals surface area contributed by atoms with Crippen LogP contribution in [0.2, 0.25) is 5.15 Å². The van der Waals surface area contributed by atoms with E-state index in [1.165, 1.54) is 6.92 Å². The number of hydrogen-bond acceptors (Lipinski definition) is 5. The summed E-state index contributed by atoms with van der Waals surface area (Å²) in [6, 6.07) is 0. The van der Waals surface area contributed by atoms with Crippen molar-refractivity contribution in [2.75, 3.05) is 18.4 Å². The molecule has 0 radical (unpaired) electrons. The second kappa shape index (κ2) is 6.15. The number of nitrogens with zero attached hydrogens (tertiary/aromatic N) is 2. The normalized spacial score (nSPS) is 9.82. The molecule has 0 spiro atoms. The summed E-state index contributed by atoms with van der Waals surface area (Å²) in [4.78, 5) is 29.4. The molecule has 1 amide bonds. The number of amides is 1. The molecule has 0 aliphatic heterocycles. The second-order valence-electron chi connectivity index (χ2n) is 3.35. The van der Waals surface area contributed by atoms with Crippen LogP contribution in [0.4, 0.5) is 5.82 Å². The average Bonchev–Trinajstić information content (AvgIpc) is 2.23. The number of aromatic nitrogens is 2. The van der Waals surface area contributed by atoms with Crippen LogP contribution in [-0.2, 0) is 4.79 Å². The Morgan fingerprint density at radius 1 is 1.41 bits per heavy atom. The third-order valence-corrected chi connectivity index (χ3v) is 2.21. The van der Waals surface area contributed by atoms with Gasteiger partial charge in [0.25, 0.3) is 0 Å². The number of halogens is 1. The minimum absolute atomic E-state index is 0.112. The van der Waals surface area contributed by atoms with E-state index in [2.05, 4.69) is 20.6 Å². The van der Waals surface area contributed by atoms with E-state index in [1.54, 1.807) is 6.92 Å². The number of rotatable bonds is 5. The molecular weight excluding hydrogens is 244 g/mol. The fraction of sp³-hybridized carbons (Fsp3) is 0.400. The highest BCUT2D eigenvalue weighted by Crippen LogP contribution is 2.18. The van der Waals surface area contributed by atoms with E-state index in [0.717, 1.165) is 0 Å². The molecular formula is C10H13ClN4O2. The maximum atomic E-state index is 10.8. The molecule has 0 fully saturated rings. The van der Waals surface area contributed by atoms with Crippen LogP contribution in [0.25, 0.3) is 0 Å². The average molecular weight is 257 g/mol. The summed E-state index contributed by atoms with van der Waals surface area (Å²) in [5, 5.41) is 5.66. The molecule has 2 N–H and O–H groups in total. The number of carbonyl (C=O) groups excluding carboxylic acids is 2. The van der Waals surface area contributed by atoms with Crippen molar-refractivity contribution < 1.29 is 9.59 Å². The Labute approximate surface area is 104 Å². The summed E-state index contributed by atoms with van der Waals surface area (Å²) < 4.78 is 0. The first-order valence-electron chi connectivity index (χ1n) is 5.02. The topological polar surface area (TPSA) is 84.0 Å². The molecule has 1 rings (SSSR count). The molecule has 0 aliphatic carbocycles. The largest absolute Gasteiger partial charge is 0.368 e. The zero-order chi connectivity index (χ0) is 12.8. The van der Waals surface area contributed by atoms with Crippen molar-refractivity contribution >= 4 is 29.6 Å². The number of aryl methyl sites for hydroxylation is 1. The standard InChI is InChI=1S/C10H13ClN4O2/c1-6-14-9(11)8(5-16)10(15-6)13-4-3-12-7(2)17/h5H,3-4H2,1-2H3,(H,12,17)(H,13,14,15). The van der Waals surface area contributed by atoms with Crippen LogP contribution >= 0.6 is 11.6 Å². The monoisotopic (exact) mass is 256 g/mol. The smallest absolute Gasteiger partial charge is 0.216 e. The van der Waals surface area contributed by atoms with Gasteiger partial charge in [0.1, 0.15) is 16.8 Å². The molecule has 1 aromatic rings. The molecule has 1 aromatic heterocycles. The number of nitrogens with one attached hydrogen (secondary N) is 2. The number of carbonyl (C=O) groups is 2. The van der Waals surface area contributed by atoms with Gasteiger partial charge >= 0.3 is 0 Å². The van der Waals surface area contributed by atoms with Gasteiger partial charge in [0.2, 0.25) is 5.91 Å². The molecule has 0 saturated carbocycles. The van der Waals surface area contributed by atoms with Crippen molar-refractivity contribution in [1.29, 1.82) is 0 Å². The van der Waals surface area contributed by atoms with E-state index in [4.69, 9.17) is 11.6 Å². The first-order chi connectivity index (χ1) is 8.04. The van der Waals surface area contributed by atoms with Crippen LogP contribution in [0, 0.1) is 6.92 Å². The highest BCUT2D eigenvalue weighted by atomic mass is 35.5. The number of anilines is 1. The predicted octanol–water partition coefficient (Wildman–Crippen LogP) is 0.799. The molecule has 0 atom stereocenters. The quantitative estimate of drug-likeness (QED) is 0.462. The summed E-state index contributed by atoms with van der Waals surface area (Å²) in [6.45, 7) is 4.00. The molecule has 1 heterocycles. The van der Waals surface area contributed by atoms with Crippen LogP contribution < -0.4 is 10.6 Å². The fourth-order valence-electron chi connectivity index (χ4n) is 1.21. The Morgan fingerprint density at radius 3 is 2.71 bits per heavy atom. The minimum atomic E-state index is -0.112. The van der Waals surface area contributed by atoms with E-state index in [0.29, 0.717) is 31.0 Å². The van der Waals surface area contributed by atoms with Gasteiger partial charge in [-0.15, -0.1) is 0 Å².